The van der Waals surface area contributed by atoms with Crippen molar-refractivity contribution in [2.45, 2.75) is 392 Å². The van der Waals surface area contributed by atoms with Crippen LogP contribution >= 0.6 is 15.6 Å². The first-order valence-electron chi connectivity index (χ1n) is 42.4. The van der Waals surface area contributed by atoms with Crippen LogP contribution in [-0.4, -0.2) is 176 Å². The molecule has 1 rings (SSSR count). The van der Waals surface area contributed by atoms with Crippen LogP contribution in [0, 0.1) is 0 Å². The van der Waals surface area contributed by atoms with Gasteiger partial charge in [-0.2, -0.15) is 0 Å². The van der Waals surface area contributed by atoms with Crippen LogP contribution < -0.4 is 21.3 Å². The number of aliphatic hydroxyl groups excluding tert-OH is 2. The van der Waals surface area contributed by atoms with Gasteiger partial charge in [0.1, 0.15) is 12.2 Å². The minimum absolute atomic E-state index is 0.132. The van der Waals surface area contributed by atoms with Gasteiger partial charge in [-0.25, -0.2) is 9.13 Å². The Bertz CT molecular complexity index is 2320. The number of allylic oxidation sites excluding steroid dienone is 4. The number of amides is 4. The van der Waals surface area contributed by atoms with Crippen molar-refractivity contribution in [1.82, 2.24) is 21.3 Å². The molecule has 28 heteroatoms. The van der Waals surface area contributed by atoms with Crippen LogP contribution in [0.3, 0.4) is 0 Å². The van der Waals surface area contributed by atoms with Crippen LogP contribution in [0.2, 0.25) is 0 Å². The third-order valence-electron chi connectivity index (χ3n) is 18.6. The molecule has 0 spiro atoms. The molecule has 8 unspecified atom stereocenters. The molecule has 0 saturated carbocycles. The Labute approximate surface area is 656 Å². The summed E-state index contributed by atoms with van der Waals surface area (Å²) in [4.78, 5) is 103. The van der Waals surface area contributed by atoms with Crippen LogP contribution in [0.25, 0.3) is 0 Å². The van der Waals surface area contributed by atoms with Gasteiger partial charge < -0.3 is 69.7 Å². The summed E-state index contributed by atoms with van der Waals surface area (Å²) in [6, 6.07) is -1.96. The smallest absolute Gasteiger partial charge is 0.462 e. The van der Waals surface area contributed by atoms with E-state index in [1.54, 1.807) is 0 Å². The Kier molecular flexibility index (Phi) is 64.1. The number of hydrogen-bond acceptors (Lipinski definition) is 20. The van der Waals surface area contributed by atoms with Crippen molar-refractivity contribution in [3.05, 3.63) is 24.3 Å². The van der Waals surface area contributed by atoms with Crippen molar-refractivity contribution >= 4 is 51.2 Å². The molecular weight excluding hydrogens is 1440 g/mol. The third kappa shape index (κ3) is 60.5. The Hall–Kier alpha value is -3.72. The predicted molar refractivity (Wildman–Crippen MR) is 426 cm³/mol. The van der Waals surface area contributed by atoms with Crippen LogP contribution in [0.1, 0.15) is 338 Å². The fourth-order valence-corrected chi connectivity index (χ4v) is 13.8. The zero-order chi connectivity index (χ0) is 80.5. The highest BCUT2D eigenvalue weighted by Gasteiger charge is 2.49. The quantitative estimate of drug-likeness (QED) is 0.0121. The Morgan fingerprint density at radius 2 is 0.716 bits per heavy atom. The number of phosphoric ester groups is 2. The summed E-state index contributed by atoms with van der Waals surface area (Å²) in [5.74, 6) is -4.91. The Balaban J connectivity index is 3.04. The van der Waals surface area contributed by atoms with E-state index < -0.39 is 132 Å². The van der Waals surface area contributed by atoms with E-state index >= 15 is 0 Å². The molecule has 1 aliphatic rings. The highest BCUT2D eigenvalue weighted by atomic mass is 31.2. The van der Waals surface area contributed by atoms with Crippen molar-refractivity contribution < 1.29 is 104 Å². The maximum Gasteiger partial charge on any atom is 0.472 e. The number of unbranched alkanes of at least 4 members (excludes halogenated alkanes) is 26. The van der Waals surface area contributed by atoms with Crippen molar-refractivity contribution in [2.75, 3.05) is 65.9 Å². The fraction of sp³-hybridized carbons (Fsp3) is 0.877. The number of rotatable bonds is 76. The first kappa shape index (κ1) is 103. The second-order valence-electron chi connectivity index (χ2n) is 29.7. The van der Waals surface area contributed by atoms with Gasteiger partial charge in [0.05, 0.1) is 76.8 Å². The Morgan fingerprint density at radius 1 is 0.404 bits per heavy atom. The summed E-state index contributed by atoms with van der Waals surface area (Å²) in [6.07, 6.45) is 39.9. The number of ether oxygens (including phenoxy) is 6. The number of aliphatic hydroxyl groups is 2. The van der Waals surface area contributed by atoms with Gasteiger partial charge in [0.25, 0.3) is 11.8 Å². The van der Waals surface area contributed by atoms with Gasteiger partial charge >= 0.3 is 27.6 Å². The lowest BCUT2D eigenvalue weighted by Gasteiger charge is -2.23. The normalized spacial score (nSPS) is 17.1. The molecule has 0 aliphatic carbocycles. The minimum atomic E-state index is -4.87. The average molecular weight is 1600 g/mol. The van der Waals surface area contributed by atoms with Gasteiger partial charge in [0.15, 0.2) is 18.0 Å². The monoisotopic (exact) mass is 1600 g/mol. The highest BCUT2D eigenvalue weighted by molar-refractivity contribution is 7.47. The summed E-state index contributed by atoms with van der Waals surface area (Å²) in [5, 5.41) is 31.9. The predicted octanol–water partition coefficient (Wildman–Crippen LogP) is 16.0. The number of phosphoric acid groups is 2. The van der Waals surface area contributed by atoms with Crippen LogP contribution in [0.15, 0.2) is 24.3 Å². The molecular formula is C81H152N4O22P2. The Morgan fingerprint density at radius 3 is 1.06 bits per heavy atom. The fourth-order valence-electron chi connectivity index (χ4n) is 12.3. The molecule has 0 aromatic carbocycles. The van der Waals surface area contributed by atoms with Crippen LogP contribution in [0.4, 0.5) is 0 Å². The molecule has 0 radical (unpaired) electrons. The van der Waals surface area contributed by atoms with E-state index in [1.807, 2.05) is 0 Å². The zero-order valence-electron chi connectivity index (χ0n) is 68.6. The summed E-state index contributed by atoms with van der Waals surface area (Å²) >= 11 is 0. The molecule has 638 valence electrons. The molecule has 26 nitrogen and oxygen atoms in total. The second-order valence-corrected chi connectivity index (χ2v) is 32.6. The summed E-state index contributed by atoms with van der Waals surface area (Å²) in [6.45, 7) is 12.8. The van der Waals surface area contributed by atoms with Crippen LogP contribution in [0.5, 0.6) is 0 Å². The van der Waals surface area contributed by atoms with E-state index in [2.05, 4.69) is 87.1 Å². The number of carbonyl (C=O) groups excluding carboxylic acids is 6. The van der Waals surface area contributed by atoms with Crippen molar-refractivity contribution in [2.24, 2.45) is 0 Å². The summed E-state index contributed by atoms with van der Waals surface area (Å²) in [7, 11) is -9.74. The lowest BCUT2D eigenvalue weighted by atomic mass is 10.1. The molecule has 8 N–H and O–H groups in total. The van der Waals surface area contributed by atoms with Crippen molar-refractivity contribution in [3.63, 3.8) is 0 Å². The minimum Gasteiger partial charge on any atom is -0.462 e. The van der Waals surface area contributed by atoms with Crippen molar-refractivity contribution in [1.29, 1.82) is 0 Å². The standard InChI is InChI=1S/C81H152N4O22P2/c1-9-15-21-27-29-31-33-39-45-51-75(90)104-71(49-43-37-25-19-13-5)61-73(88)84-67(63-98-57-53-69(86)47-41-35-23-17-11-3)65-102-108(94,95)100-59-55-82-79(92)77-78(107-81(7,8)106-77)80(93)83-56-60-101-109(96,97)103-66-68(64-99-58-54-70(87)48-42-36-24-18-12-4)85-74(89)62-72(50-44-38-26-20-14-6)105-76(91)52-46-40-34-32-30-28-22-16-10-2/h31-34,67-72,77-78,86-87H,9-30,35-66H2,1-8H3,(H,82,92)(H,83,93)(H,84,88)(H,85,89)(H,94,95)(H,96,97)/t67?,68?,69?,70?,71-,72-,77?,78?/m1/s1. The number of nitrogens with one attached hydrogen (secondary N) is 4. The van der Waals surface area contributed by atoms with Crippen LogP contribution in [-0.2, 0) is 84.4 Å². The van der Waals surface area contributed by atoms with Gasteiger partial charge in [-0.15, -0.1) is 0 Å². The third-order valence-corrected chi connectivity index (χ3v) is 20.6. The molecule has 1 saturated heterocycles. The lowest BCUT2D eigenvalue weighted by molar-refractivity contribution is -0.159. The number of carbonyl (C=O) groups is 6. The SMILES string of the molecule is CCCCCCC=CCCCC(=O)O[C@H](CCCCCCC)CC(=O)NC(COCCC(O)CCCCCCC)COP(=O)(O)OCCNC(=O)C1OC(C)(C)OC1C(=O)NCCOP(=O)(O)OCC(COCCC(O)CCCCCCC)NC(=O)C[C@@H](CCCCCCC)OC(=O)CCCC=CCCCCCC. The first-order chi connectivity index (χ1) is 52.4. The van der Waals surface area contributed by atoms with Gasteiger partial charge in [-0.3, -0.25) is 46.9 Å². The molecule has 10 atom stereocenters. The molecule has 0 bridgehead atoms. The van der Waals surface area contributed by atoms with E-state index in [-0.39, 0.29) is 65.2 Å². The highest BCUT2D eigenvalue weighted by Crippen LogP contribution is 2.44. The van der Waals surface area contributed by atoms with E-state index in [1.165, 1.54) is 52.4 Å². The molecule has 1 fully saturated rings. The molecule has 1 aliphatic heterocycles. The van der Waals surface area contributed by atoms with Gasteiger partial charge in [0.2, 0.25) is 11.8 Å². The zero-order valence-corrected chi connectivity index (χ0v) is 70.4. The van der Waals surface area contributed by atoms with E-state index in [0.29, 0.717) is 51.4 Å². The van der Waals surface area contributed by atoms with Gasteiger partial charge in [-0.1, -0.05) is 220 Å². The van der Waals surface area contributed by atoms with Gasteiger partial charge in [0, 0.05) is 39.1 Å². The second kappa shape index (κ2) is 67.6. The molecule has 0 aromatic heterocycles. The molecule has 109 heavy (non-hydrogen) atoms. The van der Waals surface area contributed by atoms with Gasteiger partial charge in [-0.05, 0) is 117 Å². The molecule has 1 heterocycles. The lowest BCUT2D eigenvalue weighted by Crippen LogP contribution is -2.48. The largest absolute Gasteiger partial charge is 0.472 e. The van der Waals surface area contributed by atoms with Crippen molar-refractivity contribution in [3.8, 4) is 0 Å². The number of hydrogen-bond donors (Lipinski definition) is 8. The topological polar surface area (TPSA) is 358 Å². The molecule has 0 aromatic rings. The van der Waals surface area contributed by atoms with E-state index in [4.69, 9.17) is 46.5 Å². The number of esters is 2. The average Bonchev–Trinajstić information content (AvgIpc) is 1.66. The first-order valence-corrected chi connectivity index (χ1v) is 45.3. The maximum atomic E-state index is 13.7. The van der Waals surface area contributed by atoms with E-state index in [0.717, 1.165) is 167 Å². The summed E-state index contributed by atoms with van der Waals surface area (Å²) < 4.78 is 82.9. The molecule has 4 amide bonds. The maximum absolute atomic E-state index is 13.7. The van der Waals surface area contributed by atoms with E-state index in [9.17, 15) is 57.9 Å². The summed E-state index contributed by atoms with van der Waals surface area (Å²) in [5.41, 5.74) is 0.